The maximum absolute atomic E-state index is 13.0. The van der Waals surface area contributed by atoms with E-state index in [0.717, 1.165) is 44.2 Å². The molecule has 0 radical (unpaired) electrons. The van der Waals surface area contributed by atoms with Crippen molar-refractivity contribution in [1.82, 2.24) is 0 Å². The quantitative estimate of drug-likeness (QED) is 0.860. The summed E-state index contributed by atoms with van der Waals surface area (Å²) in [4.78, 5) is 15.3. The van der Waals surface area contributed by atoms with Gasteiger partial charge in [-0.2, -0.15) is 0 Å². The number of piperazine rings is 1. The van der Waals surface area contributed by atoms with Gasteiger partial charge in [-0.25, -0.2) is 9.18 Å². The molecular formula is C18H22FN2O3+. The summed E-state index contributed by atoms with van der Waals surface area (Å²) in [6.07, 6.45) is 0. The fourth-order valence-corrected chi connectivity index (χ4v) is 3.10. The lowest BCUT2D eigenvalue weighted by molar-refractivity contribution is -0.915. The number of hydrogen-bond acceptors (Lipinski definition) is 4. The SMILES string of the molecule is COC(=O)c1cc(C[NH+]2CCN(c3ccc(F)cc3)CC2)oc1C. The summed E-state index contributed by atoms with van der Waals surface area (Å²) in [6, 6.07) is 8.40. The Labute approximate surface area is 140 Å². The van der Waals surface area contributed by atoms with E-state index in [9.17, 15) is 9.18 Å². The van der Waals surface area contributed by atoms with E-state index in [1.165, 1.54) is 24.1 Å². The van der Waals surface area contributed by atoms with Crippen LogP contribution in [0.4, 0.5) is 10.1 Å². The van der Waals surface area contributed by atoms with Gasteiger partial charge in [0.2, 0.25) is 0 Å². The predicted molar refractivity (Wildman–Crippen MR) is 87.8 cm³/mol. The van der Waals surface area contributed by atoms with Crippen LogP contribution in [0, 0.1) is 12.7 Å². The minimum Gasteiger partial charge on any atom is -0.465 e. The highest BCUT2D eigenvalue weighted by atomic mass is 19.1. The molecular weight excluding hydrogens is 311 g/mol. The number of esters is 1. The predicted octanol–water partition coefficient (Wildman–Crippen LogP) is 1.42. The van der Waals surface area contributed by atoms with Crippen LogP contribution >= 0.6 is 0 Å². The first-order valence-corrected chi connectivity index (χ1v) is 8.08. The number of carbonyl (C=O) groups excluding carboxylic acids is 1. The molecule has 2 aromatic rings. The number of furan rings is 1. The Balaban J connectivity index is 1.57. The van der Waals surface area contributed by atoms with Crippen LogP contribution in [0.5, 0.6) is 0 Å². The number of hydrogen-bond donors (Lipinski definition) is 1. The van der Waals surface area contributed by atoms with Gasteiger partial charge in [-0.15, -0.1) is 0 Å². The number of aryl methyl sites for hydroxylation is 1. The van der Waals surface area contributed by atoms with E-state index in [1.54, 1.807) is 13.0 Å². The Morgan fingerprint density at radius 2 is 1.96 bits per heavy atom. The molecule has 128 valence electrons. The van der Waals surface area contributed by atoms with Crippen molar-refractivity contribution >= 4 is 11.7 Å². The number of nitrogens with one attached hydrogen (secondary N) is 1. The van der Waals surface area contributed by atoms with Crippen LogP contribution in [0.3, 0.4) is 0 Å². The molecule has 0 bridgehead atoms. The maximum Gasteiger partial charge on any atom is 0.341 e. The summed E-state index contributed by atoms with van der Waals surface area (Å²) in [7, 11) is 1.37. The molecule has 6 heteroatoms. The fourth-order valence-electron chi connectivity index (χ4n) is 3.10. The van der Waals surface area contributed by atoms with Crippen molar-refractivity contribution in [2.45, 2.75) is 13.5 Å². The lowest BCUT2D eigenvalue weighted by Crippen LogP contribution is -3.13. The molecule has 1 N–H and O–H groups in total. The molecule has 1 aliphatic heterocycles. The average molecular weight is 333 g/mol. The summed E-state index contributed by atoms with van der Waals surface area (Å²) in [5, 5.41) is 0. The number of ether oxygens (including phenoxy) is 1. The fraction of sp³-hybridized carbons (Fsp3) is 0.389. The molecule has 0 saturated carbocycles. The average Bonchev–Trinajstić information content (AvgIpc) is 2.96. The van der Waals surface area contributed by atoms with Gasteiger partial charge in [-0.1, -0.05) is 0 Å². The summed E-state index contributed by atoms with van der Waals surface area (Å²) >= 11 is 0. The Kier molecular flexibility index (Phi) is 4.85. The lowest BCUT2D eigenvalue weighted by Gasteiger charge is -2.33. The molecule has 1 aromatic heterocycles. The lowest BCUT2D eigenvalue weighted by atomic mass is 10.2. The number of nitrogens with zero attached hydrogens (tertiary/aromatic N) is 1. The zero-order valence-electron chi connectivity index (χ0n) is 14.0. The highest BCUT2D eigenvalue weighted by molar-refractivity contribution is 5.90. The van der Waals surface area contributed by atoms with Crippen molar-refractivity contribution in [2.75, 3.05) is 38.2 Å². The third-order valence-corrected chi connectivity index (χ3v) is 4.46. The number of carbonyl (C=O) groups is 1. The Hall–Kier alpha value is -2.34. The van der Waals surface area contributed by atoms with Gasteiger partial charge in [-0.05, 0) is 31.2 Å². The number of halogens is 1. The molecule has 1 saturated heterocycles. The molecule has 0 spiro atoms. The van der Waals surface area contributed by atoms with Crippen LogP contribution < -0.4 is 9.80 Å². The van der Waals surface area contributed by atoms with Gasteiger partial charge in [0.05, 0.1) is 33.3 Å². The second kappa shape index (κ2) is 7.05. The van der Waals surface area contributed by atoms with Gasteiger partial charge < -0.3 is 19.0 Å². The van der Waals surface area contributed by atoms with E-state index in [1.807, 2.05) is 12.1 Å². The van der Waals surface area contributed by atoms with Gasteiger partial charge in [-0.3, -0.25) is 0 Å². The van der Waals surface area contributed by atoms with Crippen LogP contribution in [0.25, 0.3) is 0 Å². The second-order valence-electron chi connectivity index (χ2n) is 6.06. The van der Waals surface area contributed by atoms with E-state index < -0.39 is 0 Å². The van der Waals surface area contributed by atoms with Crippen molar-refractivity contribution in [1.29, 1.82) is 0 Å². The zero-order chi connectivity index (χ0) is 17.1. The molecule has 0 amide bonds. The molecule has 1 aliphatic rings. The van der Waals surface area contributed by atoms with Crippen LogP contribution in [0.2, 0.25) is 0 Å². The zero-order valence-corrected chi connectivity index (χ0v) is 14.0. The molecule has 1 fully saturated rings. The molecule has 2 heterocycles. The normalized spacial score (nSPS) is 15.5. The third kappa shape index (κ3) is 3.59. The summed E-state index contributed by atoms with van der Waals surface area (Å²) in [5.41, 5.74) is 1.55. The minimum atomic E-state index is -0.362. The van der Waals surface area contributed by atoms with Crippen molar-refractivity contribution in [3.8, 4) is 0 Å². The van der Waals surface area contributed by atoms with Crippen LogP contribution in [-0.4, -0.2) is 39.3 Å². The number of anilines is 1. The standard InChI is InChI=1S/C18H21FN2O3/c1-13-17(18(22)23-2)11-16(24-13)12-20-7-9-21(10-8-20)15-5-3-14(19)4-6-15/h3-6,11H,7-10,12H2,1-2H3/p+1. The van der Waals surface area contributed by atoms with Gasteiger partial charge in [0.25, 0.3) is 0 Å². The molecule has 3 rings (SSSR count). The first-order valence-electron chi connectivity index (χ1n) is 8.08. The molecule has 0 aliphatic carbocycles. The molecule has 1 aromatic carbocycles. The number of methoxy groups -OCH3 is 1. The summed E-state index contributed by atoms with van der Waals surface area (Å²) in [5.74, 6) is 0.829. The van der Waals surface area contributed by atoms with E-state index in [-0.39, 0.29) is 11.8 Å². The topological polar surface area (TPSA) is 47.1 Å². The highest BCUT2D eigenvalue weighted by Gasteiger charge is 2.23. The van der Waals surface area contributed by atoms with Gasteiger partial charge in [0.1, 0.15) is 23.7 Å². The number of quaternary nitrogens is 1. The molecule has 0 atom stereocenters. The van der Waals surface area contributed by atoms with E-state index >= 15 is 0 Å². The van der Waals surface area contributed by atoms with Gasteiger partial charge >= 0.3 is 5.97 Å². The minimum absolute atomic E-state index is 0.211. The smallest absolute Gasteiger partial charge is 0.341 e. The van der Waals surface area contributed by atoms with Crippen molar-refractivity contribution in [3.63, 3.8) is 0 Å². The number of rotatable bonds is 4. The van der Waals surface area contributed by atoms with E-state index in [4.69, 9.17) is 9.15 Å². The second-order valence-corrected chi connectivity index (χ2v) is 6.06. The van der Waals surface area contributed by atoms with E-state index in [2.05, 4.69) is 4.90 Å². The largest absolute Gasteiger partial charge is 0.465 e. The van der Waals surface area contributed by atoms with Gasteiger partial charge in [0.15, 0.2) is 5.76 Å². The Bertz CT molecular complexity index is 704. The maximum atomic E-state index is 13.0. The highest BCUT2D eigenvalue weighted by Crippen LogP contribution is 2.16. The summed E-state index contributed by atoms with van der Waals surface area (Å²) in [6.45, 7) is 6.26. The van der Waals surface area contributed by atoms with Crippen molar-refractivity contribution in [3.05, 3.63) is 53.2 Å². The first kappa shape index (κ1) is 16.5. The van der Waals surface area contributed by atoms with Crippen LogP contribution in [0.15, 0.2) is 34.7 Å². The Morgan fingerprint density at radius 1 is 1.29 bits per heavy atom. The van der Waals surface area contributed by atoms with Crippen LogP contribution in [-0.2, 0) is 11.3 Å². The first-order chi connectivity index (χ1) is 11.6. The van der Waals surface area contributed by atoms with Gasteiger partial charge in [0, 0.05) is 11.8 Å². The Morgan fingerprint density at radius 3 is 2.58 bits per heavy atom. The molecule has 0 unspecified atom stereocenters. The van der Waals surface area contributed by atoms with Crippen LogP contribution in [0.1, 0.15) is 21.9 Å². The van der Waals surface area contributed by atoms with Crippen molar-refractivity contribution < 1.29 is 23.2 Å². The molecule has 24 heavy (non-hydrogen) atoms. The monoisotopic (exact) mass is 333 g/mol. The summed E-state index contributed by atoms with van der Waals surface area (Å²) < 4.78 is 23.5. The number of benzene rings is 1. The van der Waals surface area contributed by atoms with E-state index in [0.29, 0.717) is 11.3 Å². The molecule has 5 nitrogen and oxygen atoms in total. The van der Waals surface area contributed by atoms with Crippen molar-refractivity contribution in [2.24, 2.45) is 0 Å². The third-order valence-electron chi connectivity index (χ3n) is 4.46.